The highest BCUT2D eigenvalue weighted by Gasteiger charge is 2.32. The van der Waals surface area contributed by atoms with Gasteiger partial charge in [-0.2, -0.15) is 0 Å². The predicted octanol–water partition coefficient (Wildman–Crippen LogP) is 4.26. The number of fused-ring (bicyclic) bond motifs is 1. The summed E-state index contributed by atoms with van der Waals surface area (Å²) in [4.78, 5) is 25.5. The first-order valence-electron chi connectivity index (χ1n) is 8.74. The molecule has 1 N–H and O–H groups in total. The lowest BCUT2D eigenvalue weighted by Crippen LogP contribution is -2.30. The van der Waals surface area contributed by atoms with Gasteiger partial charge >= 0.3 is 6.03 Å². The second-order valence-corrected chi connectivity index (χ2v) is 6.77. The van der Waals surface area contributed by atoms with Crippen LogP contribution < -0.4 is 5.32 Å². The number of carbonyl (C=O) groups is 2. The molecule has 1 saturated heterocycles. The number of benzene rings is 2. The minimum Gasteiger partial charge on any atom is -0.342 e. The van der Waals surface area contributed by atoms with Crippen LogP contribution in [0.2, 0.25) is 5.02 Å². The zero-order chi connectivity index (χ0) is 19.0. The average molecular weight is 380 g/mol. The van der Waals surface area contributed by atoms with Crippen molar-refractivity contribution in [1.29, 1.82) is 0 Å². The second kappa shape index (κ2) is 6.93. The lowest BCUT2D eigenvalue weighted by molar-refractivity contribution is -0.122. The van der Waals surface area contributed by atoms with E-state index in [1.165, 1.54) is 4.90 Å². The molecule has 0 saturated carbocycles. The number of aromatic nitrogens is 1. The highest BCUT2D eigenvalue weighted by atomic mass is 35.5. The molecule has 0 aliphatic carbocycles. The summed E-state index contributed by atoms with van der Waals surface area (Å²) in [7, 11) is 0. The molecule has 1 aliphatic rings. The number of halogens is 1. The van der Waals surface area contributed by atoms with Gasteiger partial charge in [0.15, 0.2) is 0 Å². The molecule has 0 bridgehead atoms. The maximum atomic E-state index is 12.4. The molecule has 0 radical (unpaired) electrons. The van der Waals surface area contributed by atoms with Crippen LogP contribution in [0, 0.1) is 0 Å². The van der Waals surface area contributed by atoms with E-state index in [-0.39, 0.29) is 11.9 Å². The van der Waals surface area contributed by atoms with Gasteiger partial charge in [-0.3, -0.25) is 9.69 Å². The van der Waals surface area contributed by atoms with Gasteiger partial charge < -0.3 is 9.88 Å². The number of urea groups is 1. The van der Waals surface area contributed by atoms with E-state index >= 15 is 0 Å². The highest BCUT2D eigenvalue weighted by Crippen LogP contribution is 2.26. The van der Waals surface area contributed by atoms with Crippen LogP contribution >= 0.6 is 11.6 Å². The van der Waals surface area contributed by atoms with Crippen LogP contribution in [0.15, 0.2) is 60.4 Å². The minimum absolute atomic E-state index is 0.294. The number of imide groups is 1. The van der Waals surface area contributed by atoms with E-state index < -0.39 is 0 Å². The van der Waals surface area contributed by atoms with Gasteiger partial charge in [-0.25, -0.2) is 4.79 Å². The summed E-state index contributed by atoms with van der Waals surface area (Å²) in [5.74, 6) is -0.301. The van der Waals surface area contributed by atoms with Crippen molar-refractivity contribution in [2.24, 2.45) is 0 Å². The topological polar surface area (TPSA) is 54.3 Å². The molecular weight excluding hydrogens is 362 g/mol. The zero-order valence-electron chi connectivity index (χ0n) is 14.8. The Morgan fingerprint density at radius 1 is 1.07 bits per heavy atom. The van der Waals surface area contributed by atoms with E-state index in [1.54, 1.807) is 13.0 Å². The Bertz CT molecular complexity index is 1080. The molecule has 0 unspecified atom stereocenters. The van der Waals surface area contributed by atoms with Crippen LogP contribution in [0.5, 0.6) is 0 Å². The van der Waals surface area contributed by atoms with Gasteiger partial charge in [-0.05, 0) is 30.7 Å². The Morgan fingerprint density at radius 3 is 2.56 bits per heavy atom. The zero-order valence-corrected chi connectivity index (χ0v) is 15.5. The Hall–Kier alpha value is -3.05. The van der Waals surface area contributed by atoms with Crippen molar-refractivity contribution in [2.45, 2.75) is 13.5 Å². The van der Waals surface area contributed by atoms with Crippen LogP contribution in [0.4, 0.5) is 4.79 Å². The molecule has 1 fully saturated rings. The Kier molecular flexibility index (Phi) is 4.46. The number of nitrogens with zero attached hydrogens (tertiary/aromatic N) is 2. The largest absolute Gasteiger partial charge is 0.342 e. The van der Waals surface area contributed by atoms with Crippen molar-refractivity contribution in [3.8, 4) is 0 Å². The van der Waals surface area contributed by atoms with Crippen LogP contribution in [0.25, 0.3) is 17.0 Å². The van der Waals surface area contributed by atoms with E-state index in [0.29, 0.717) is 23.8 Å². The molecule has 1 aliphatic heterocycles. The van der Waals surface area contributed by atoms with Crippen molar-refractivity contribution >= 4 is 40.5 Å². The van der Waals surface area contributed by atoms with E-state index in [0.717, 1.165) is 22.0 Å². The third kappa shape index (κ3) is 3.11. The van der Waals surface area contributed by atoms with Crippen molar-refractivity contribution in [3.05, 3.63) is 76.6 Å². The first-order chi connectivity index (χ1) is 13.1. The summed E-state index contributed by atoms with van der Waals surface area (Å²) in [6, 6.07) is 15.3. The van der Waals surface area contributed by atoms with E-state index in [2.05, 4.69) is 9.88 Å². The molecule has 1 aromatic heterocycles. The summed E-state index contributed by atoms with van der Waals surface area (Å²) in [6.07, 6.45) is 3.72. The highest BCUT2D eigenvalue weighted by molar-refractivity contribution is 6.31. The molecule has 2 heterocycles. The molecule has 2 aromatic carbocycles. The fourth-order valence-electron chi connectivity index (χ4n) is 3.35. The SMILES string of the molecule is CCN1C(=O)NC(=Cc2cn(Cc3ccccc3Cl)c3ccccc23)C1=O. The normalized spacial score (nSPS) is 15.8. The van der Waals surface area contributed by atoms with Gasteiger partial charge in [0, 0.05) is 40.8 Å². The average Bonchev–Trinajstić information content (AvgIpc) is 3.14. The molecule has 3 amide bonds. The summed E-state index contributed by atoms with van der Waals surface area (Å²) in [5, 5.41) is 4.38. The molecule has 3 aromatic rings. The van der Waals surface area contributed by atoms with Gasteiger partial charge in [0.1, 0.15) is 5.70 Å². The molecule has 136 valence electrons. The first-order valence-corrected chi connectivity index (χ1v) is 9.12. The number of carbonyl (C=O) groups excluding carboxylic acids is 2. The summed E-state index contributed by atoms with van der Waals surface area (Å²) < 4.78 is 2.10. The van der Waals surface area contributed by atoms with Crippen molar-refractivity contribution in [3.63, 3.8) is 0 Å². The first kappa shape index (κ1) is 17.4. The Balaban J connectivity index is 1.77. The lowest BCUT2D eigenvalue weighted by Gasteiger charge is -2.07. The van der Waals surface area contributed by atoms with Gasteiger partial charge in [0.25, 0.3) is 5.91 Å². The van der Waals surface area contributed by atoms with E-state index in [9.17, 15) is 9.59 Å². The molecule has 27 heavy (non-hydrogen) atoms. The number of hydrogen-bond donors (Lipinski definition) is 1. The van der Waals surface area contributed by atoms with Gasteiger partial charge in [-0.1, -0.05) is 48.0 Å². The smallest absolute Gasteiger partial charge is 0.328 e. The maximum absolute atomic E-state index is 12.4. The number of nitrogens with one attached hydrogen (secondary N) is 1. The third-order valence-electron chi connectivity index (χ3n) is 4.70. The molecule has 5 nitrogen and oxygen atoms in total. The molecule has 0 spiro atoms. The standard InChI is InChI=1S/C21H18ClN3O2/c1-2-25-20(26)18(23-21(25)27)11-15-13-24(19-10-6-4-8-16(15)19)12-14-7-3-5-9-17(14)22/h3-11,13H,2,12H2,1H3,(H,23,27). The number of hydrogen-bond acceptors (Lipinski definition) is 2. The quantitative estimate of drug-likeness (QED) is 0.544. The molecule has 0 atom stereocenters. The van der Waals surface area contributed by atoms with Crippen molar-refractivity contribution in [2.75, 3.05) is 6.54 Å². The van der Waals surface area contributed by atoms with Gasteiger partial charge in [0.2, 0.25) is 0 Å². The van der Waals surface area contributed by atoms with Crippen molar-refractivity contribution in [1.82, 2.24) is 14.8 Å². The Morgan fingerprint density at radius 2 is 1.81 bits per heavy atom. The van der Waals surface area contributed by atoms with Gasteiger partial charge in [0.05, 0.1) is 0 Å². The number of amides is 3. The summed E-state index contributed by atoms with van der Waals surface area (Å²) in [5.41, 5.74) is 3.22. The summed E-state index contributed by atoms with van der Waals surface area (Å²) in [6.45, 7) is 2.73. The third-order valence-corrected chi connectivity index (χ3v) is 5.07. The minimum atomic E-state index is -0.381. The maximum Gasteiger partial charge on any atom is 0.328 e. The number of para-hydroxylation sites is 1. The van der Waals surface area contributed by atoms with E-state index in [1.807, 2.05) is 54.7 Å². The van der Waals surface area contributed by atoms with Crippen LogP contribution in [-0.4, -0.2) is 28.0 Å². The van der Waals surface area contributed by atoms with Crippen LogP contribution in [-0.2, 0) is 11.3 Å². The van der Waals surface area contributed by atoms with Crippen molar-refractivity contribution < 1.29 is 9.59 Å². The predicted molar refractivity (Wildman–Crippen MR) is 106 cm³/mol. The number of rotatable bonds is 4. The van der Waals surface area contributed by atoms with Crippen LogP contribution in [0.3, 0.4) is 0 Å². The summed E-state index contributed by atoms with van der Waals surface area (Å²) >= 11 is 6.31. The molecule has 6 heteroatoms. The van der Waals surface area contributed by atoms with E-state index in [4.69, 9.17) is 11.6 Å². The fourth-order valence-corrected chi connectivity index (χ4v) is 3.54. The Labute approximate surface area is 161 Å². The lowest BCUT2D eigenvalue weighted by atomic mass is 10.1. The van der Waals surface area contributed by atoms with Crippen LogP contribution in [0.1, 0.15) is 18.1 Å². The van der Waals surface area contributed by atoms with Gasteiger partial charge in [-0.15, -0.1) is 0 Å². The second-order valence-electron chi connectivity index (χ2n) is 6.36. The molecular formula is C21H18ClN3O2. The fraction of sp³-hybridized carbons (Fsp3) is 0.143. The molecule has 4 rings (SSSR count). The monoisotopic (exact) mass is 379 g/mol. The number of likely N-dealkylation sites (N-methyl/N-ethyl adjacent to an activating group) is 1.